The Morgan fingerprint density at radius 1 is 0.884 bits per heavy atom. The van der Waals surface area contributed by atoms with Crippen molar-refractivity contribution in [3.8, 4) is 0 Å². The van der Waals surface area contributed by atoms with Crippen molar-refractivity contribution in [2.24, 2.45) is 28.3 Å². The lowest BCUT2D eigenvalue weighted by Gasteiger charge is -2.26. The number of hydrogen-bond acceptors (Lipinski definition) is 11. The third-order valence-corrected chi connectivity index (χ3v) is 11.5. The number of unbranched alkanes of at least 4 members (excludes halogenated alkanes) is 1. The van der Waals surface area contributed by atoms with E-state index >= 15 is 0 Å². The normalized spacial score (nSPS) is 24.5. The highest BCUT2D eigenvalue weighted by Gasteiger charge is 2.34. The number of nitrogens with two attached hydrogens (primary N) is 2. The number of methoxy groups -OCH3 is 1. The van der Waals surface area contributed by atoms with Crippen LogP contribution in [0.5, 0.6) is 0 Å². The van der Waals surface area contributed by atoms with Crippen LogP contribution >= 0.6 is 0 Å². The van der Waals surface area contributed by atoms with Crippen LogP contribution in [0.25, 0.3) is 0 Å². The number of rotatable bonds is 15. The molecule has 12 N–H and O–H groups in total. The zero-order chi connectivity index (χ0) is 52.0. The van der Waals surface area contributed by atoms with Crippen LogP contribution in [0, 0.1) is 11.8 Å². The Hall–Kier alpha value is -7.10. The van der Waals surface area contributed by atoms with Gasteiger partial charge < -0.3 is 63.2 Å². The summed E-state index contributed by atoms with van der Waals surface area (Å²) in [5, 5.41) is 35.0. The number of aliphatic imine (C=N–C) groups is 1. The fraction of sp³-hybridized carbons (Fsp3) is 0.532. The average Bonchev–Trinajstić information content (AvgIpc) is 3.30. The van der Waals surface area contributed by atoms with Crippen LogP contribution in [-0.4, -0.2) is 137 Å². The van der Waals surface area contributed by atoms with Crippen molar-refractivity contribution in [2.45, 2.75) is 128 Å². The number of carboxylic acids is 2. The average molecular weight is 967 g/mol. The van der Waals surface area contributed by atoms with E-state index in [9.17, 15) is 53.4 Å². The summed E-state index contributed by atoms with van der Waals surface area (Å²) in [6.07, 6.45) is 4.39. The molecule has 69 heavy (non-hydrogen) atoms. The molecular formula is C47H70N10O12. The maximum absolute atomic E-state index is 13.9. The number of guanidine groups is 1. The van der Waals surface area contributed by atoms with Crippen molar-refractivity contribution in [3.63, 3.8) is 0 Å². The van der Waals surface area contributed by atoms with Crippen molar-refractivity contribution in [1.29, 1.82) is 0 Å². The van der Waals surface area contributed by atoms with Gasteiger partial charge in [0.15, 0.2) is 5.96 Å². The maximum atomic E-state index is 13.9. The Kier molecular flexibility index (Phi) is 24.3. The number of benzene rings is 1. The summed E-state index contributed by atoms with van der Waals surface area (Å²) in [6.45, 7) is 11.9. The van der Waals surface area contributed by atoms with E-state index in [0.717, 1.165) is 16.0 Å². The molecule has 0 saturated carbocycles. The van der Waals surface area contributed by atoms with Crippen LogP contribution in [0.3, 0.4) is 0 Å². The summed E-state index contributed by atoms with van der Waals surface area (Å²) < 4.78 is 5.79. The number of nitrogens with zero attached hydrogens (tertiary/aromatic N) is 2. The summed E-state index contributed by atoms with van der Waals surface area (Å²) >= 11 is 0. The van der Waals surface area contributed by atoms with E-state index in [0.29, 0.717) is 12.8 Å². The molecule has 1 aliphatic rings. The van der Waals surface area contributed by atoms with E-state index in [2.05, 4.69) is 43.5 Å². The lowest BCUT2D eigenvalue weighted by atomic mass is 9.94. The van der Waals surface area contributed by atoms with Gasteiger partial charge in [-0.15, -0.1) is 0 Å². The van der Waals surface area contributed by atoms with Gasteiger partial charge in [-0.05, 0) is 57.9 Å². The van der Waals surface area contributed by atoms with Gasteiger partial charge in [0.05, 0.1) is 24.5 Å². The highest BCUT2D eigenvalue weighted by atomic mass is 16.5. The second-order valence-corrected chi connectivity index (χ2v) is 16.9. The molecule has 380 valence electrons. The molecule has 0 aliphatic carbocycles. The Morgan fingerprint density at radius 2 is 1.51 bits per heavy atom. The van der Waals surface area contributed by atoms with Gasteiger partial charge in [-0.2, -0.15) is 0 Å². The number of nitrogens with one attached hydrogen (secondary N) is 6. The highest BCUT2D eigenvalue weighted by molar-refractivity contribution is 6.00. The number of carboxylic acid groups (broad SMARTS) is 2. The first-order chi connectivity index (χ1) is 32.5. The number of amides is 7. The summed E-state index contributed by atoms with van der Waals surface area (Å²) in [5.74, 6) is -10.6. The minimum Gasteiger partial charge on any atom is -0.480 e. The number of carbonyl (C=O) groups excluding carboxylic acids is 7. The van der Waals surface area contributed by atoms with Crippen molar-refractivity contribution < 1.29 is 58.1 Å². The van der Waals surface area contributed by atoms with Crippen LogP contribution < -0.4 is 43.4 Å². The monoisotopic (exact) mass is 967 g/mol. The van der Waals surface area contributed by atoms with Gasteiger partial charge >= 0.3 is 11.9 Å². The third kappa shape index (κ3) is 20.0. The van der Waals surface area contributed by atoms with Crippen LogP contribution in [0.4, 0.5) is 0 Å². The first kappa shape index (κ1) is 58.0. The Bertz CT molecular complexity index is 2090. The molecule has 0 radical (unpaired) electrons. The molecule has 0 aromatic heterocycles. The van der Waals surface area contributed by atoms with Gasteiger partial charge in [0, 0.05) is 33.0 Å². The zero-order valence-corrected chi connectivity index (χ0v) is 40.4. The number of hydrogen-bond donors (Lipinski definition) is 10. The Morgan fingerprint density at radius 3 is 2.10 bits per heavy atom. The molecule has 9 atom stereocenters. The molecule has 1 fully saturated rings. The summed E-state index contributed by atoms with van der Waals surface area (Å²) in [5.41, 5.74) is 12.2. The number of allylic oxidation sites excluding steroid dienone is 2. The maximum Gasteiger partial charge on any atom is 0.326 e. The predicted octanol–water partition coefficient (Wildman–Crippen LogP) is 0.126. The smallest absolute Gasteiger partial charge is 0.326 e. The largest absolute Gasteiger partial charge is 0.480 e. The fourth-order valence-electron chi connectivity index (χ4n) is 7.07. The molecule has 9 unspecified atom stereocenters. The van der Waals surface area contributed by atoms with Crippen LogP contribution in [0.15, 0.2) is 71.4 Å². The standard InChI is InChI=1S/C47H70N10O12/c1-9-32-43(63)53-33(19-18-26(2)23-27(3)37(69-8)24-31-15-11-10-12-16-31)28(4)40(60)55-35(45(65)66)20-21-39(59)57(7)30(6)42(62)51-29(5)41(61)54-34(17-13-14-22-50-47(48)49)44(64)56-36(46(67)68)25-38(58)52-32/h10-12,15-16,18-19,23,27-29,32-37H,6,9,13-14,17,20-22,24-25H2,1-5,7-8H3,(H,51,62)(H,52,58)(H,53,63)(H,54,61)(H,55,60)(H,56,64)(H,65,66)(H,67,68)(H4,48,49,50). The van der Waals surface area contributed by atoms with E-state index in [1.54, 1.807) is 26.2 Å². The molecule has 1 saturated heterocycles. The fourth-order valence-corrected chi connectivity index (χ4v) is 7.07. The SMILES string of the molecule is C=C1C(=O)NC(C)C(=O)NC(CCCCN=C(N)N)C(=O)NC(C(=O)O)CC(=O)NC(CC)C(=O)NC(C=CC(C)=CC(C)C(Cc2ccccc2)OC)C(C)C(=O)NC(C(=O)O)CCC(=O)N1C. The lowest BCUT2D eigenvalue weighted by Crippen LogP contribution is -2.56. The molecule has 1 heterocycles. The molecule has 1 aromatic carbocycles. The van der Waals surface area contributed by atoms with E-state index in [1.807, 2.05) is 50.3 Å². The zero-order valence-electron chi connectivity index (χ0n) is 40.4. The number of ether oxygens (including phenoxy) is 1. The van der Waals surface area contributed by atoms with Crippen LogP contribution in [-0.2, 0) is 54.3 Å². The van der Waals surface area contributed by atoms with Crippen LogP contribution in [0.1, 0.15) is 85.1 Å². The minimum absolute atomic E-state index is 0.00634. The van der Waals surface area contributed by atoms with Crippen molar-refractivity contribution >= 4 is 59.2 Å². The van der Waals surface area contributed by atoms with Gasteiger partial charge in [0.2, 0.25) is 35.4 Å². The van der Waals surface area contributed by atoms with Gasteiger partial charge in [0.1, 0.15) is 35.9 Å². The topological polar surface area (TPSA) is 343 Å². The molecule has 1 aromatic rings. The summed E-state index contributed by atoms with van der Waals surface area (Å²) in [6, 6.07) is 1.20. The minimum atomic E-state index is -1.84. The molecular weight excluding hydrogens is 897 g/mol. The quantitative estimate of drug-likeness (QED) is 0.0367. The van der Waals surface area contributed by atoms with Crippen molar-refractivity contribution in [3.05, 3.63) is 72.0 Å². The molecule has 22 heteroatoms. The number of carbonyl (C=O) groups is 9. The lowest BCUT2D eigenvalue weighted by molar-refractivity contribution is -0.144. The summed E-state index contributed by atoms with van der Waals surface area (Å²) in [4.78, 5) is 124. The van der Waals surface area contributed by atoms with Gasteiger partial charge in [-0.25, -0.2) is 9.59 Å². The molecule has 2 rings (SSSR count). The van der Waals surface area contributed by atoms with E-state index < -0.39 is 120 Å². The van der Waals surface area contributed by atoms with E-state index in [4.69, 9.17) is 16.2 Å². The number of likely N-dealkylation sites (N-methyl/N-ethyl adjacent to an activating group) is 1. The third-order valence-electron chi connectivity index (χ3n) is 11.5. The van der Waals surface area contributed by atoms with Crippen molar-refractivity contribution in [1.82, 2.24) is 36.8 Å². The second-order valence-electron chi connectivity index (χ2n) is 16.9. The van der Waals surface area contributed by atoms with E-state index in [1.165, 1.54) is 20.9 Å². The highest BCUT2D eigenvalue weighted by Crippen LogP contribution is 2.18. The molecule has 1 aliphatic heterocycles. The van der Waals surface area contributed by atoms with Gasteiger partial charge in [-0.3, -0.25) is 38.6 Å². The van der Waals surface area contributed by atoms with Crippen molar-refractivity contribution in [2.75, 3.05) is 20.7 Å². The number of aliphatic carboxylic acids is 2. The van der Waals surface area contributed by atoms with Crippen LogP contribution in [0.2, 0.25) is 0 Å². The van der Waals surface area contributed by atoms with E-state index in [-0.39, 0.29) is 43.8 Å². The molecule has 0 bridgehead atoms. The molecule has 7 amide bonds. The first-order valence-electron chi connectivity index (χ1n) is 22.7. The Labute approximate surface area is 402 Å². The Balaban J connectivity index is 2.57. The van der Waals surface area contributed by atoms with Gasteiger partial charge in [-0.1, -0.05) is 81.5 Å². The first-order valence-corrected chi connectivity index (χ1v) is 22.7. The molecule has 0 spiro atoms. The predicted molar refractivity (Wildman–Crippen MR) is 255 cm³/mol. The second kappa shape index (κ2) is 28.9. The van der Waals surface area contributed by atoms with Gasteiger partial charge in [0.25, 0.3) is 5.91 Å². The summed E-state index contributed by atoms with van der Waals surface area (Å²) in [7, 11) is 2.82. The molecule has 22 nitrogen and oxygen atoms in total.